The van der Waals surface area contributed by atoms with Crippen LogP contribution in [0.1, 0.15) is 30.4 Å². The monoisotopic (exact) mass is 352 g/mol. The molecule has 5 nitrogen and oxygen atoms in total. The van der Waals surface area contributed by atoms with E-state index < -0.39 is 0 Å². The average Bonchev–Trinajstić information content (AvgIpc) is 3.26. The van der Waals surface area contributed by atoms with E-state index in [1.54, 1.807) is 0 Å². The molecule has 2 aliphatic rings. The van der Waals surface area contributed by atoms with E-state index >= 15 is 0 Å². The van der Waals surface area contributed by atoms with Gasteiger partial charge in [0.05, 0.1) is 18.6 Å². The topological polar surface area (TPSA) is 54.0 Å². The summed E-state index contributed by atoms with van der Waals surface area (Å²) in [6.45, 7) is 2.15. The van der Waals surface area contributed by atoms with Gasteiger partial charge in [-0.15, -0.1) is 0 Å². The molecule has 0 saturated carbocycles. The summed E-state index contributed by atoms with van der Waals surface area (Å²) >= 11 is 0. The maximum Gasteiger partial charge on any atom is 0.307 e. The molecule has 0 spiro atoms. The number of fused-ring (bicyclic) bond motifs is 1. The molecule has 1 aliphatic carbocycles. The Morgan fingerprint density at radius 3 is 2.73 bits per heavy atom. The number of rotatable bonds is 5. The van der Waals surface area contributed by atoms with Crippen LogP contribution in [0.5, 0.6) is 11.5 Å². The fraction of sp³-hybridized carbons (Fsp3) is 0.286. The molecular weight excluding hydrogens is 332 g/mol. The van der Waals surface area contributed by atoms with Crippen molar-refractivity contribution in [2.75, 3.05) is 6.79 Å². The summed E-state index contributed by atoms with van der Waals surface area (Å²) in [5.74, 6) is 1.59. The molecule has 1 heterocycles. The first kappa shape index (κ1) is 16.7. The van der Waals surface area contributed by atoms with Gasteiger partial charge in [-0.3, -0.25) is 4.79 Å². The smallest absolute Gasteiger partial charge is 0.307 e. The van der Waals surface area contributed by atoms with Crippen molar-refractivity contribution < 1.29 is 23.7 Å². The zero-order chi connectivity index (χ0) is 17.9. The van der Waals surface area contributed by atoms with Crippen LogP contribution in [0.3, 0.4) is 0 Å². The molecule has 0 bridgehead atoms. The summed E-state index contributed by atoms with van der Waals surface area (Å²) in [6, 6.07) is 15.8. The first-order valence-electron chi connectivity index (χ1n) is 8.64. The van der Waals surface area contributed by atoms with E-state index in [0.717, 1.165) is 16.9 Å². The first-order valence-corrected chi connectivity index (χ1v) is 8.64. The third kappa shape index (κ3) is 3.44. The zero-order valence-electron chi connectivity index (χ0n) is 14.5. The summed E-state index contributed by atoms with van der Waals surface area (Å²) < 4.78 is 22.5. The average molecular weight is 352 g/mol. The molecular formula is C21H20O5. The lowest BCUT2D eigenvalue weighted by atomic mass is 9.94. The summed E-state index contributed by atoms with van der Waals surface area (Å²) in [4.78, 5) is 11.5. The predicted octanol–water partition coefficient (Wildman–Crippen LogP) is 3.94. The first-order chi connectivity index (χ1) is 12.7. The van der Waals surface area contributed by atoms with Crippen molar-refractivity contribution in [2.24, 2.45) is 0 Å². The number of esters is 1. The van der Waals surface area contributed by atoms with Gasteiger partial charge in [0.25, 0.3) is 0 Å². The number of ether oxygens (including phenoxy) is 4. The number of carbonyl (C=O) groups is 1. The van der Waals surface area contributed by atoms with Gasteiger partial charge < -0.3 is 18.9 Å². The van der Waals surface area contributed by atoms with Gasteiger partial charge in [0.1, 0.15) is 5.76 Å². The highest BCUT2D eigenvalue weighted by Crippen LogP contribution is 2.42. The van der Waals surface area contributed by atoms with Gasteiger partial charge in [0.15, 0.2) is 11.5 Å². The highest BCUT2D eigenvalue weighted by molar-refractivity contribution is 5.68. The van der Waals surface area contributed by atoms with E-state index in [4.69, 9.17) is 18.9 Å². The van der Waals surface area contributed by atoms with E-state index in [0.29, 0.717) is 24.5 Å². The fourth-order valence-corrected chi connectivity index (χ4v) is 3.38. The van der Waals surface area contributed by atoms with Crippen molar-refractivity contribution >= 4 is 5.97 Å². The Balaban J connectivity index is 1.56. The lowest BCUT2D eigenvalue weighted by molar-refractivity contribution is -0.137. The van der Waals surface area contributed by atoms with Gasteiger partial charge in [-0.2, -0.15) is 0 Å². The highest BCUT2D eigenvalue weighted by Gasteiger charge is 2.35. The highest BCUT2D eigenvalue weighted by atomic mass is 16.7. The van der Waals surface area contributed by atoms with Gasteiger partial charge >= 0.3 is 5.97 Å². The van der Waals surface area contributed by atoms with Gasteiger partial charge in [0.2, 0.25) is 6.79 Å². The maximum absolute atomic E-state index is 11.5. The summed E-state index contributed by atoms with van der Waals surface area (Å²) in [5, 5.41) is 0. The van der Waals surface area contributed by atoms with Gasteiger partial charge in [-0.25, -0.2) is 0 Å². The number of hydrogen-bond donors (Lipinski definition) is 0. The van der Waals surface area contributed by atoms with Crippen LogP contribution in [0.15, 0.2) is 60.4 Å². The van der Waals surface area contributed by atoms with Gasteiger partial charge in [0, 0.05) is 6.92 Å². The number of hydrogen-bond acceptors (Lipinski definition) is 5. The molecule has 0 fully saturated rings. The van der Waals surface area contributed by atoms with Crippen LogP contribution in [0, 0.1) is 0 Å². The molecule has 2 atom stereocenters. The third-order valence-corrected chi connectivity index (χ3v) is 4.55. The Morgan fingerprint density at radius 1 is 1.12 bits per heavy atom. The Morgan fingerprint density at radius 2 is 1.92 bits per heavy atom. The molecule has 5 heteroatoms. The second kappa shape index (κ2) is 7.22. The lowest BCUT2D eigenvalue weighted by Crippen LogP contribution is -2.20. The molecule has 2 aromatic carbocycles. The molecule has 1 aliphatic heterocycles. The van der Waals surface area contributed by atoms with E-state index in [1.807, 2.05) is 54.6 Å². The minimum atomic E-state index is -0.328. The molecule has 0 N–H and O–H groups in total. The Kier molecular flexibility index (Phi) is 4.63. The summed E-state index contributed by atoms with van der Waals surface area (Å²) in [7, 11) is 0. The Labute approximate surface area is 152 Å². The van der Waals surface area contributed by atoms with Crippen molar-refractivity contribution in [3.05, 3.63) is 71.5 Å². The molecule has 0 unspecified atom stereocenters. The van der Waals surface area contributed by atoms with E-state index in [9.17, 15) is 4.79 Å². The molecule has 4 rings (SSSR count). The van der Waals surface area contributed by atoms with Crippen molar-refractivity contribution in [1.29, 1.82) is 0 Å². The minimum absolute atomic E-state index is 0.107. The number of carbonyl (C=O) groups excluding carboxylic acids is 1. The van der Waals surface area contributed by atoms with E-state index in [-0.39, 0.29) is 24.8 Å². The van der Waals surface area contributed by atoms with Crippen molar-refractivity contribution in [3.8, 4) is 11.5 Å². The van der Waals surface area contributed by atoms with Crippen LogP contribution in [0.2, 0.25) is 0 Å². The lowest BCUT2D eigenvalue weighted by Gasteiger charge is -2.23. The van der Waals surface area contributed by atoms with Crippen LogP contribution in [0.25, 0.3) is 0 Å². The second-order valence-electron chi connectivity index (χ2n) is 6.36. The third-order valence-electron chi connectivity index (χ3n) is 4.55. The Bertz CT molecular complexity index is 828. The summed E-state index contributed by atoms with van der Waals surface area (Å²) in [6.07, 6.45) is 2.52. The maximum atomic E-state index is 11.5. The molecule has 134 valence electrons. The van der Waals surface area contributed by atoms with E-state index in [2.05, 4.69) is 0 Å². The zero-order valence-corrected chi connectivity index (χ0v) is 14.5. The second-order valence-corrected chi connectivity index (χ2v) is 6.36. The minimum Gasteiger partial charge on any atom is -0.454 e. The molecule has 26 heavy (non-hydrogen) atoms. The van der Waals surface area contributed by atoms with Crippen LogP contribution in [-0.2, 0) is 20.9 Å². The van der Waals surface area contributed by atoms with Crippen LogP contribution in [-0.4, -0.2) is 18.9 Å². The standard InChI is InChI=1S/C21H20O5/c1-14(22)26-19-10-9-18(23-12-15-5-3-2-4-6-15)21(19)16-7-8-17-20(11-16)25-13-24-17/h2-8,10-11,18,21H,9,12-13H2,1H3/t18-,21+/m1/s1. The SMILES string of the molecule is CC(=O)OC1=CC[C@@H](OCc2ccccc2)[C@@H]1c1ccc2c(c1)OCO2. The van der Waals surface area contributed by atoms with Crippen LogP contribution >= 0.6 is 0 Å². The van der Waals surface area contributed by atoms with Crippen LogP contribution < -0.4 is 9.47 Å². The Hall–Kier alpha value is -2.79. The summed E-state index contributed by atoms with van der Waals surface area (Å²) in [5.41, 5.74) is 2.09. The van der Waals surface area contributed by atoms with Gasteiger partial charge in [-0.1, -0.05) is 36.4 Å². The molecule has 2 aromatic rings. The van der Waals surface area contributed by atoms with E-state index in [1.165, 1.54) is 6.92 Å². The van der Waals surface area contributed by atoms with Crippen molar-refractivity contribution in [1.82, 2.24) is 0 Å². The van der Waals surface area contributed by atoms with Crippen molar-refractivity contribution in [3.63, 3.8) is 0 Å². The fourth-order valence-electron chi connectivity index (χ4n) is 3.38. The molecule has 0 saturated heterocycles. The molecule has 0 aromatic heterocycles. The number of benzene rings is 2. The van der Waals surface area contributed by atoms with Crippen LogP contribution in [0.4, 0.5) is 0 Å². The quantitative estimate of drug-likeness (QED) is 0.763. The van der Waals surface area contributed by atoms with Gasteiger partial charge in [-0.05, 0) is 35.8 Å². The van der Waals surface area contributed by atoms with Crippen molar-refractivity contribution in [2.45, 2.75) is 32.0 Å². The molecule has 0 amide bonds. The largest absolute Gasteiger partial charge is 0.454 e. The molecule has 0 radical (unpaired) electrons. The normalized spacial score (nSPS) is 20.7. The predicted molar refractivity (Wildman–Crippen MR) is 94.8 cm³/mol.